The van der Waals surface area contributed by atoms with E-state index < -0.39 is 0 Å². The minimum absolute atomic E-state index is 0.159. The van der Waals surface area contributed by atoms with Crippen molar-refractivity contribution in [1.29, 1.82) is 0 Å². The molecule has 2 aromatic heterocycles. The molecule has 1 amide bonds. The summed E-state index contributed by atoms with van der Waals surface area (Å²) in [5.74, 6) is 1.54. The van der Waals surface area contributed by atoms with E-state index in [2.05, 4.69) is 34.3 Å². The molecule has 1 aromatic carbocycles. The van der Waals surface area contributed by atoms with Gasteiger partial charge in [-0.25, -0.2) is 4.98 Å². The molecule has 3 N–H and O–H groups in total. The van der Waals surface area contributed by atoms with Crippen LogP contribution in [0.25, 0.3) is 11.1 Å². The number of hydrogen-bond donors (Lipinski definition) is 2. The third kappa shape index (κ3) is 3.99. The zero-order chi connectivity index (χ0) is 19.6. The molecule has 1 atom stereocenters. The van der Waals surface area contributed by atoms with Crippen molar-refractivity contribution in [2.24, 2.45) is 20.0 Å². The summed E-state index contributed by atoms with van der Waals surface area (Å²) < 4.78 is 3.30. The average Bonchev–Trinajstić information content (AvgIpc) is 3.20. The first-order chi connectivity index (χ1) is 12.9. The quantitative estimate of drug-likeness (QED) is 0.696. The number of nitrogens with two attached hydrogens (primary N) is 1. The molecule has 0 fully saturated rings. The normalized spacial score (nSPS) is 12.3. The maximum atomic E-state index is 12.9. The maximum absolute atomic E-state index is 12.9. The van der Waals surface area contributed by atoms with Crippen LogP contribution in [0.3, 0.4) is 0 Å². The lowest BCUT2D eigenvalue weighted by molar-refractivity contribution is 0.0929. The number of nitrogens with zero attached hydrogens (tertiary/aromatic N) is 5. The second kappa shape index (κ2) is 7.61. The molecule has 0 bridgehead atoms. The van der Waals surface area contributed by atoms with Crippen LogP contribution < -0.4 is 11.1 Å². The summed E-state index contributed by atoms with van der Waals surface area (Å²) in [6.45, 7) is 4.22. The Balaban J connectivity index is 1.85. The van der Waals surface area contributed by atoms with Gasteiger partial charge in [0.25, 0.3) is 5.91 Å². The Morgan fingerprint density at radius 1 is 1.22 bits per heavy atom. The predicted octanol–water partition coefficient (Wildman–Crippen LogP) is 2.31. The highest BCUT2D eigenvalue weighted by molar-refractivity contribution is 5.96. The number of anilines is 1. The number of nitrogens with one attached hydrogen (secondary N) is 1. The fourth-order valence-electron chi connectivity index (χ4n) is 3.06. The zero-order valence-electron chi connectivity index (χ0n) is 16.0. The first-order valence-electron chi connectivity index (χ1n) is 8.89. The molecular weight excluding hydrogens is 342 g/mol. The number of amides is 1. The fourth-order valence-corrected chi connectivity index (χ4v) is 3.06. The molecule has 27 heavy (non-hydrogen) atoms. The van der Waals surface area contributed by atoms with Crippen molar-refractivity contribution in [3.8, 4) is 11.1 Å². The number of benzene rings is 1. The SMILES string of the molecule is CC(C)C[C@H](NC(=O)c1cccc(-c2cnn(C)c2N)c1)c1ncnn1C. The Bertz CT molecular complexity index is 941. The molecule has 0 radical (unpaired) electrons. The van der Waals surface area contributed by atoms with Crippen LogP contribution in [0, 0.1) is 5.92 Å². The Kier molecular flexibility index (Phi) is 5.25. The number of aromatic nitrogens is 5. The lowest BCUT2D eigenvalue weighted by atomic mass is 10.0. The molecule has 3 aromatic rings. The van der Waals surface area contributed by atoms with Crippen LogP contribution in [0.5, 0.6) is 0 Å². The van der Waals surface area contributed by atoms with E-state index in [4.69, 9.17) is 5.73 Å². The van der Waals surface area contributed by atoms with Crippen molar-refractivity contribution >= 4 is 11.7 Å². The number of hydrogen-bond acceptors (Lipinski definition) is 5. The summed E-state index contributed by atoms with van der Waals surface area (Å²) >= 11 is 0. The van der Waals surface area contributed by atoms with Crippen LogP contribution >= 0.6 is 0 Å². The van der Waals surface area contributed by atoms with E-state index >= 15 is 0 Å². The van der Waals surface area contributed by atoms with Gasteiger partial charge >= 0.3 is 0 Å². The third-order valence-corrected chi connectivity index (χ3v) is 4.49. The van der Waals surface area contributed by atoms with Gasteiger partial charge in [0.05, 0.1) is 12.2 Å². The van der Waals surface area contributed by atoms with Gasteiger partial charge in [0.2, 0.25) is 0 Å². The highest BCUT2D eigenvalue weighted by Crippen LogP contribution is 2.26. The smallest absolute Gasteiger partial charge is 0.251 e. The van der Waals surface area contributed by atoms with Crippen LogP contribution in [0.2, 0.25) is 0 Å². The van der Waals surface area contributed by atoms with Crippen molar-refractivity contribution in [2.75, 3.05) is 5.73 Å². The van der Waals surface area contributed by atoms with Crippen molar-refractivity contribution in [3.05, 3.63) is 48.2 Å². The zero-order valence-corrected chi connectivity index (χ0v) is 16.0. The van der Waals surface area contributed by atoms with Gasteiger partial charge in [0.1, 0.15) is 18.0 Å². The van der Waals surface area contributed by atoms with Gasteiger partial charge < -0.3 is 11.1 Å². The number of carbonyl (C=O) groups excluding carboxylic acids is 1. The predicted molar refractivity (Wildman–Crippen MR) is 104 cm³/mol. The Morgan fingerprint density at radius 2 is 2.00 bits per heavy atom. The second-order valence-corrected chi connectivity index (χ2v) is 7.05. The van der Waals surface area contributed by atoms with Gasteiger partial charge in [-0.1, -0.05) is 26.0 Å². The van der Waals surface area contributed by atoms with E-state index in [0.717, 1.165) is 23.4 Å². The standard InChI is InChI=1S/C19H25N7O/c1-12(2)8-16(18-21-11-23-26(18)4)24-19(27)14-7-5-6-13(9-14)15-10-22-25(3)17(15)20/h5-7,9-12,16H,8,20H2,1-4H3,(H,24,27)/t16-/m0/s1. The summed E-state index contributed by atoms with van der Waals surface area (Å²) in [5, 5.41) is 11.4. The molecule has 8 heteroatoms. The summed E-state index contributed by atoms with van der Waals surface area (Å²) in [6, 6.07) is 7.16. The molecule has 0 saturated heterocycles. The number of carbonyl (C=O) groups is 1. The van der Waals surface area contributed by atoms with E-state index in [1.54, 1.807) is 28.7 Å². The van der Waals surface area contributed by atoms with Gasteiger partial charge in [-0.3, -0.25) is 14.2 Å². The summed E-state index contributed by atoms with van der Waals surface area (Å²) in [7, 11) is 3.61. The van der Waals surface area contributed by atoms with E-state index in [1.807, 2.05) is 25.2 Å². The van der Waals surface area contributed by atoms with E-state index in [1.165, 1.54) is 6.33 Å². The fraction of sp³-hybridized carbons (Fsp3) is 0.368. The lowest BCUT2D eigenvalue weighted by Gasteiger charge is -2.20. The molecule has 3 rings (SSSR count). The monoisotopic (exact) mass is 367 g/mol. The summed E-state index contributed by atoms with van der Waals surface area (Å²) in [6.07, 6.45) is 3.97. The highest BCUT2D eigenvalue weighted by Gasteiger charge is 2.21. The molecule has 0 aliphatic heterocycles. The largest absolute Gasteiger partial charge is 0.383 e. The van der Waals surface area contributed by atoms with Crippen LogP contribution in [0.4, 0.5) is 5.82 Å². The van der Waals surface area contributed by atoms with Crippen molar-refractivity contribution < 1.29 is 4.79 Å². The third-order valence-electron chi connectivity index (χ3n) is 4.49. The molecule has 0 aliphatic carbocycles. The van der Waals surface area contributed by atoms with Crippen molar-refractivity contribution in [3.63, 3.8) is 0 Å². The van der Waals surface area contributed by atoms with Gasteiger partial charge in [0.15, 0.2) is 0 Å². The second-order valence-electron chi connectivity index (χ2n) is 7.05. The van der Waals surface area contributed by atoms with Gasteiger partial charge in [-0.2, -0.15) is 10.2 Å². The first-order valence-corrected chi connectivity index (χ1v) is 8.89. The van der Waals surface area contributed by atoms with Crippen LogP contribution in [0.15, 0.2) is 36.8 Å². The molecule has 0 unspecified atom stereocenters. The molecule has 142 valence electrons. The molecular formula is C19H25N7O. The van der Waals surface area contributed by atoms with Crippen molar-refractivity contribution in [2.45, 2.75) is 26.3 Å². The topological polar surface area (TPSA) is 104 Å². The van der Waals surface area contributed by atoms with E-state index in [0.29, 0.717) is 17.3 Å². The van der Waals surface area contributed by atoms with Gasteiger partial charge in [-0.05, 0) is 30.0 Å². The van der Waals surface area contributed by atoms with Gasteiger partial charge in [0, 0.05) is 25.2 Å². The Hall–Kier alpha value is -3.16. The van der Waals surface area contributed by atoms with E-state index in [9.17, 15) is 4.79 Å². The lowest BCUT2D eigenvalue weighted by Crippen LogP contribution is -2.31. The van der Waals surface area contributed by atoms with Crippen LogP contribution in [-0.4, -0.2) is 30.5 Å². The summed E-state index contributed by atoms with van der Waals surface area (Å²) in [4.78, 5) is 17.2. The van der Waals surface area contributed by atoms with Crippen molar-refractivity contribution in [1.82, 2.24) is 29.9 Å². The van der Waals surface area contributed by atoms with E-state index in [-0.39, 0.29) is 11.9 Å². The molecule has 2 heterocycles. The number of aryl methyl sites for hydroxylation is 2. The molecule has 0 saturated carbocycles. The first kappa shape index (κ1) is 18.6. The number of rotatable bonds is 6. The molecule has 0 aliphatic rings. The van der Waals surface area contributed by atoms with Gasteiger partial charge in [-0.15, -0.1) is 0 Å². The Labute approximate surface area is 158 Å². The molecule has 0 spiro atoms. The molecule has 8 nitrogen and oxygen atoms in total. The van der Waals surface area contributed by atoms with Crippen LogP contribution in [-0.2, 0) is 14.1 Å². The minimum atomic E-state index is -0.211. The Morgan fingerprint density at radius 3 is 2.59 bits per heavy atom. The average molecular weight is 367 g/mol. The highest BCUT2D eigenvalue weighted by atomic mass is 16.1. The van der Waals surface area contributed by atoms with Crippen LogP contribution in [0.1, 0.15) is 42.5 Å². The summed E-state index contributed by atoms with van der Waals surface area (Å²) in [5.41, 5.74) is 8.28. The minimum Gasteiger partial charge on any atom is -0.383 e. The number of nitrogen functional groups attached to an aromatic ring is 1. The maximum Gasteiger partial charge on any atom is 0.251 e.